The lowest BCUT2D eigenvalue weighted by atomic mass is 9.80. The van der Waals surface area contributed by atoms with E-state index >= 15 is 0 Å². The maximum atomic E-state index is 5.39. The van der Waals surface area contributed by atoms with Crippen LogP contribution in [0.2, 0.25) is 0 Å². The third kappa shape index (κ3) is 3.60. The second kappa shape index (κ2) is 7.43. The molecular weight excluding hydrogens is 254 g/mol. The van der Waals surface area contributed by atoms with Crippen LogP contribution in [0.3, 0.4) is 0 Å². The third-order valence-electron chi connectivity index (χ3n) is 3.91. The van der Waals surface area contributed by atoms with Crippen LogP contribution in [0.15, 0.2) is 6.20 Å². The molecule has 1 aliphatic rings. The molecule has 112 valence electrons. The van der Waals surface area contributed by atoms with E-state index in [0.29, 0.717) is 11.8 Å². The summed E-state index contributed by atoms with van der Waals surface area (Å²) in [6.07, 6.45) is 7.90. The molecule has 1 aliphatic carbocycles. The summed E-state index contributed by atoms with van der Waals surface area (Å²) >= 11 is 0. The molecule has 1 atom stereocenters. The van der Waals surface area contributed by atoms with Crippen molar-refractivity contribution in [3.63, 3.8) is 0 Å². The molecular formula is C15H25N3O2. The number of ether oxygens (including phenoxy) is 2. The predicted octanol–water partition coefficient (Wildman–Crippen LogP) is 2.72. The molecule has 1 heterocycles. The van der Waals surface area contributed by atoms with Gasteiger partial charge in [0.05, 0.1) is 26.5 Å². The Morgan fingerprint density at radius 2 is 2.15 bits per heavy atom. The Hall–Kier alpha value is -1.36. The van der Waals surface area contributed by atoms with Crippen molar-refractivity contribution < 1.29 is 9.47 Å². The summed E-state index contributed by atoms with van der Waals surface area (Å²) in [5.74, 6) is 1.86. The molecule has 20 heavy (non-hydrogen) atoms. The predicted molar refractivity (Wildman–Crippen MR) is 78.1 cm³/mol. The molecule has 2 rings (SSSR count). The smallest absolute Gasteiger partial charge is 0.240 e. The zero-order chi connectivity index (χ0) is 14.4. The zero-order valence-electron chi connectivity index (χ0n) is 12.7. The summed E-state index contributed by atoms with van der Waals surface area (Å²) in [6.45, 7) is 3.15. The van der Waals surface area contributed by atoms with E-state index in [1.165, 1.54) is 19.3 Å². The fourth-order valence-electron chi connectivity index (χ4n) is 2.53. The Bertz CT molecular complexity index is 422. The molecule has 0 spiro atoms. The lowest BCUT2D eigenvalue weighted by molar-refractivity contribution is 0.254. The van der Waals surface area contributed by atoms with E-state index in [-0.39, 0.29) is 6.04 Å². The molecule has 1 aromatic rings. The van der Waals surface area contributed by atoms with Crippen molar-refractivity contribution >= 4 is 0 Å². The van der Waals surface area contributed by atoms with Crippen molar-refractivity contribution in [3.05, 3.63) is 11.9 Å². The highest BCUT2D eigenvalue weighted by Gasteiger charge is 2.26. The van der Waals surface area contributed by atoms with Crippen molar-refractivity contribution in [1.82, 2.24) is 15.3 Å². The zero-order valence-corrected chi connectivity index (χ0v) is 12.7. The first-order chi connectivity index (χ1) is 9.78. The highest BCUT2D eigenvalue weighted by molar-refractivity contribution is 5.25. The molecule has 0 aliphatic heterocycles. The van der Waals surface area contributed by atoms with Crippen LogP contribution in [-0.4, -0.2) is 30.7 Å². The standard InChI is InChI=1S/C15H25N3O2/c1-4-8-16-12(9-11-6-5-7-11)14-15(20-3)18-13(19-2)10-17-14/h10-12,16H,4-9H2,1-3H3. The summed E-state index contributed by atoms with van der Waals surface area (Å²) in [5.41, 5.74) is 0.897. The van der Waals surface area contributed by atoms with Crippen LogP contribution < -0.4 is 14.8 Å². The van der Waals surface area contributed by atoms with Gasteiger partial charge in [-0.05, 0) is 25.3 Å². The van der Waals surface area contributed by atoms with Gasteiger partial charge < -0.3 is 14.8 Å². The van der Waals surface area contributed by atoms with Gasteiger partial charge in [-0.25, -0.2) is 4.98 Å². The van der Waals surface area contributed by atoms with Crippen LogP contribution in [0.1, 0.15) is 50.8 Å². The normalized spacial score (nSPS) is 16.6. The van der Waals surface area contributed by atoms with Gasteiger partial charge in [0.1, 0.15) is 5.69 Å². The van der Waals surface area contributed by atoms with Gasteiger partial charge in [-0.1, -0.05) is 26.2 Å². The van der Waals surface area contributed by atoms with Crippen molar-refractivity contribution in [2.45, 2.75) is 45.1 Å². The van der Waals surface area contributed by atoms with E-state index < -0.39 is 0 Å². The number of hydrogen-bond acceptors (Lipinski definition) is 5. The highest BCUT2D eigenvalue weighted by atomic mass is 16.5. The summed E-state index contributed by atoms with van der Waals surface area (Å²) in [5, 5.41) is 3.57. The van der Waals surface area contributed by atoms with Gasteiger partial charge in [0.15, 0.2) is 0 Å². The van der Waals surface area contributed by atoms with Crippen molar-refractivity contribution in [2.24, 2.45) is 5.92 Å². The first-order valence-corrected chi connectivity index (χ1v) is 7.46. The number of aromatic nitrogens is 2. The van der Waals surface area contributed by atoms with Crippen LogP contribution >= 0.6 is 0 Å². The molecule has 5 heteroatoms. The number of nitrogens with one attached hydrogen (secondary N) is 1. The maximum absolute atomic E-state index is 5.39. The van der Waals surface area contributed by atoms with E-state index in [9.17, 15) is 0 Å². The minimum atomic E-state index is 0.216. The Balaban J connectivity index is 2.16. The Morgan fingerprint density at radius 1 is 1.35 bits per heavy atom. The molecule has 1 N–H and O–H groups in total. The lowest BCUT2D eigenvalue weighted by Crippen LogP contribution is -2.28. The first-order valence-electron chi connectivity index (χ1n) is 7.46. The molecule has 0 saturated heterocycles. The molecule has 0 radical (unpaired) electrons. The summed E-state index contributed by atoms with van der Waals surface area (Å²) < 4.78 is 10.5. The van der Waals surface area contributed by atoms with Gasteiger partial charge in [-0.3, -0.25) is 0 Å². The molecule has 0 aromatic carbocycles. The van der Waals surface area contributed by atoms with E-state index in [2.05, 4.69) is 22.2 Å². The van der Waals surface area contributed by atoms with E-state index in [1.54, 1.807) is 20.4 Å². The van der Waals surface area contributed by atoms with Crippen molar-refractivity contribution in [1.29, 1.82) is 0 Å². The van der Waals surface area contributed by atoms with Crippen LogP contribution in [-0.2, 0) is 0 Å². The van der Waals surface area contributed by atoms with Gasteiger partial charge in [0.25, 0.3) is 0 Å². The van der Waals surface area contributed by atoms with Gasteiger partial charge in [0, 0.05) is 0 Å². The molecule has 0 bridgehead atoms. The number of nitrogens with zero attached hydrogens (tertiary/aromatic N) is 2. The van der Waals surface area contributed by atoms with Gasteiger partial charge >= 0.3 is 0 Å². The van der Waals surface area contributed by atoms with E-state index in [0.717, 1.165) is 31.0 Å². The SMILES string of the molecule is CCCNC(CC1CCC1)c1ncc(OC)nc1OC. The van der Waals surface area contributed by atoms with Gasteiger partial charge in [-0.15, -0.1) is 0 Å². The van der Waals surface area contributed by atoms with Crippen LogP contribution in [0.5, 0.6) is 11.8 Å². The summed E-state index contributed by atoms with van der Waals surface area (Å²) in [4.78, 5) is 8.85. The molecule has 1 fully saturated rings. The Kier molecular flexibility index (Phi) is 5.59. The topological polar surface area (TPSA) is 56.3 Å². The monoisotopic (exact) mass is 279 g/mol. The van der Waals surface area contributed by atoms with E-state index in [1.807, 2.05) is 0 Å². The lowest BCUT2D eigenvalue weighted by Gasteiger charge is -2.30. The molecule has 1 aromatic heterocycles. The second-order valence-corrected chi connectivity index (χ2v) is 5.35. The largest absolute Gasteiger partial charge is 0.480 e. The molecule has 5 nitrogen and oxygen atoms in total. The molecule has 1 unspecified atom stereocenters. The maximum Gasteiger partial charge on any atom is 0.240 e. The van der Waals surface area contributed by atoms with Crippen LogP contribution in [0, 0.1) is 5.92 Å². The van der Waals surface area contributed by atoms with Gasteiger partial charge in [0.2, 0.25) is 11.8 Å². The number of hydrogen-bond donors (Lipinski definition) is 1. The quantitative estimate of drug-likeness (QED) is 0.793. The number of rotatable bonds is 8. The average Bonchev–Trinajstić information content (AvgIpc) is 2.45. The van der Waals surface area contributed by atoms with Crippen molar-refractivity contribution in [2.75, 3.05) is 20.8 Å². The molecule has 0 amide bonds. The van der Waals surface area contributed by atoms with Gasteiger partial charge in [-0.2, -0.15) is 4.98 Å². The Morgan fingerprint density at radius 3 is 2.70 bits per heavy atom. The third-order valence-corrected chi connectivity index (χ3v) is 3.91. The highest BCUT2D eigenvalue weighted by Crippen LogP contribution is 2.36. The minimum Gasteiger partial charge on any atom is -0.480 e. The van der Waals surface area contributed by atoms with Crippen LogP contribution in [0.4, 0.5) is 0 Å². The fraction of sp³-hybridized carbons (Fsp3) is 0.733. The molecule has 1 saturated carbocycles. The Labute approximate surface area is 121 Å². The van der Waals surface area contributed by atoms with Crippen molar-refractivity contribution in [3.8, 4) is 11.8 Å². The van der Waals surface area contributed by atoms with Crippen LogP contribution in [0.25, 0.3) is 0 Å². The fourth-order valence-corrected chi connectivity index (χ4v) is 2.53. The second-order valence-electron chi connectivity index (χ2n) is 5.35. The van der Waals surface area contributed by atoms with E-state index in [4.69, 9.17) is 9.47 Å². The number of methoxy groups -OCH3 is 2. The summed E-state index contributed by atoms with van der Waals surface area (Å²) in [7, 11) is 3.22. The summed E-state index contributed by atoms with van der Waals surface area (Å²) in [6, 6.07) is 0.216. The average molecular weight is 279 g/mol. The minimum absolute atomic E-state index is 0.216. The first kappa shape index (κ1) is 15.0.